The summed E-state index contributed by atoms with van der Waals surface area (Å²) in [5, 5.41) is 6.11. The number of rotatable bonds is 5. The van der Waals surface area contributed by atoms with Crippen LogP contribution < -0.4 is 5.73 Å². The van der Waals surface area contributed by atoms with E-state index in [-0.39, 0.29) is 88.7 Å². The molecule has 0 aromatic heterocycles. The van der Waals surface area contributed by atoms with Gasteiger partial charge in [-0.2, -0.15) is 8.42 Å². The van der Waals surface area contributed by atoms with Crippen molar-refractivity contribution in [1.82, 2.24) is 0 Å². The van der Waals surface area contributed by atoms with Gasteiger partial charge in [-0.3, -0.25) is 19.9 Å². The maximum absolute atomic E-state index is 10.8. The van der Waals surface area contributed by atoms with Gasteiger partial charge in [0.15, 0.2) is 5.25 Å². The van der Waals surface area contributed by atoms with Crippen LogP contribution >= 0.6 is 0 Å². The Morgan fingerprint density at radius 3 is 1.88 bits per heavy atom. The number of carboxylic acid groups (broad SMARTS) is 1. The van der Waals surface area contributed by atoms with Gasteiger partial charge in [0.25, 0.3) is 10.1 Å². The van der Waals surface area contributed by atoms with Gasteiger partial charge in [-0.15, -0.1) is 0 Å². The predicted octanol–water partition coefficient (Wildman–Crippen LogP) is -3.77. The molecule has 0 aliphatic carbocycles. The Bertz CT molecular complexity index is 332. The molecule has 0 aliphatic heterocycles. The molecular weight excluding hydrogens is 287 g/mol. The van der Waals surface area contributed by atoms with Gasteiger partial charge in [0, 0.05) is 0 Å². The van der Waals surface area contributed by atoms with E-state index < -0.39 is 40.5 Å². The Hall–Kier alpha value is 1.81. The molecule has 0 fully saturated rings. The van der Waals surface area contributed by atoms with E-state index in [0.29, 0.717) is 0 Å². The minimum absolute atomic E-state index is 0. The van der Waals surface area contributed by atoms with Crippen molar-refractivity contribution in [3.63, 3.8) is 0 Å². The molecule has 0 bridgehead atoms. The quantitative estimate of drug-likeness (QED) is 0.203. The summed E-state index contributed by atoms with van der Waals surface area (Å²) in [6, 6.07) is 0. The van der Waals surface area contributed by atoms with Crippen LogP contribution in [0.1, 0.15) is 6.42 Å². The Labute approximate surface area is 165 Å². The van der Waals surface area contributed by atoms with Gasteiger partial charge in [-0.05, 0) is 0 Å². The Morgan fingerprint density at radius 2 is 1.65 bits per heavy atom. The molecular formula is C5H12NNa3O7S. The predicted molar refractivity (Wildman–Crippen MR) is 64.2 cm³/mol. The zero-order valence-electron chi connectivity index (χ0n) is 6.91. The van der Waals surface area contributed by atoms with Crippen LogP contribution in [-0.4, -0.2) is 131 Å². The summed E-state index contributed by atoms with van der Waals surface area (Å²) in [5.41, 5.74) is 4.77. The second-order valence-electron chi connectivity index (χ2n) is 2.23. The van der Waals surface area contributed by atoms with Crippen LogP contribution in [0.3, 0.4) is 0 Å². The molecule has 1 atom stereocenters. The van der Waals surface area contributed by atoms with Crippen molar-refractivity contribution in [3.05, 3.63) is 0 Å². The first-order chi connectivity index (χ1) is 6.29. The summed E-state index contributed by atoms with van der Waals surface area (Å²) in [6.45, 7) is -0.593. The maximum atomic E-state index is 10.8. The fourth-order valence-electron chi connectivity index (χ4n) is 0.644. The van der Waals surface area contributed by atoms with Crippen molar-refractivity contribution >= 4 is 111 Å². The van der Waals surface area contributed by atoms with E-state index in [9.17, 15) is 18.0 Å². The van der Waals surface area contributed by atoms with Crippen molar-refractivity contribution < 1.29 is 32.4 Å². The molecule has 0 heterocycles. The summed E-state index contributed by atoms with van der Waals surface area (Å²) in [7, 11) is -4.79. The van der Waals surface area contributed by atoms with E-state index in [4.69, 9.17) is 15.4 Å². The molecule has 0 rings (SSSR count). The fourth-order valence-corrected chi connectivity index (χ4v) is 1.31. The average molecular weight is 299 g/mol. The van der Waals surface area contributed by atoms with Crippen molar-refractivity contribution in [1.29, 1.82) is 0 Å². The molecule has 0 aromatic carbocycles. The van der Waals surface area contributed by atoms with E-state index in [1.165, 1.54) is 0 Å². The summed E-state index contributed by atoms with van der Waals surface area (Å²) >= 11 is 0. The van der Waals surface area contributed by atoms with Crippen molar-refractivity contribution in [2.45, 2.75) is 11.7 Å². The van der Waals surface area contributed by atoms with Crippen LogP contribution in [0.15, 0.2) is 0 Å². The van der Waals surface area contributed by atoms with Gasteiger partial charge in [0.2, 0.25) is 0 Å². The van der Waals surface area contributed by atoms with E-state index in [1.807, 2.05) is 0 Å². The molecule has 88 valence electrons. The number of esters is 1. The zero-order chi connectivity index (χ0) is 11.4. The summed E-state index contributed by atoms with van der Waals surface area (Å²) in [5.74, 6) is -2.95. The summed E-state index contributed by atoms with van der Waals surface area (Å²) in [4.78, 5) is 21.0. The molecule has 4 N–H and O–H groups in total. The van der Waals surface area contributed by atoms with Gasteiger partial charge in [0.1, 0.15) is 6.73 Å². The molecule has 1 unspecified atom stereocenters. The van der Waals surface area contributed by atoms with Gasteiger partial charge < -0.3 is 9.84 Å². The van der Waals surface area contributed by atoms with Gasteiger partial charge in [-0.25, -0.2) is 0 Å². The van der Waals surface area contributed by atoms with Crippen molar-refractivity contribution in [2.24, 2.45) is 5.73 Å². The third kappa shape index (κ3) is 12.6. The van der Waals surface area contributed by atoms with Crippen molar-refractivity contribution in [3.8, 4) is 0 Å². The van der Waals surface area contributed by atoms with Crippen LogP contribution in [-0.2, 0) is 24.4 Å². The third-order valence-corrected chi connectivity index (χ3v) is 2.29. The second kappa shape index (κ2) is 12.8. The van der Waals surface area contributed by atoms with Crippen LogP contribution in [0.5, 0.6) is 0 Å². The molecule has 0 aliphatic rings. The second-order valence-corrected chi connectivity index (χ2v) is 3.83. The number of hydrogen-bond acceptors (Lipinski definition) is 6. The molecule has 8 nitrogen and oxygen atoms in total. The van der Waals surface area contributed by atoms with E-state index in [2.05, 4.69) is 4.74 Å². The number of aliphatic carboxylic acids is 1. The van der Waals surface area contributed by atoms with E-state index in [0.717, 1.165) is 0 Å². The Morgan fingerprint density at radius 1 is 1.24 bits per heavy atom. The van der Waals surface area contributed by atoms with Crippen molar-refractivity contribution in [2.75, 3.05) is 6.73 Å². The Kier molecular flexibility index (Phi) is 20.5. The molecule has 12 heteroatoms. The number of nitrogens with two attached hydrogens (primary N) is 1. The molecule has 0 aromatic rings. The molecule has 0 radical (unpaired) electrons. The first-order valence-electron chi connectivity index (χ1n) is 3.33. The topological polar surface area (TPSA) is 144 Å². The van der Waals surface area contributed by atoms with Gasteiger partial charge >= 0.3 is 101 Å². The zero-order valence-corrected chi connectivity index (χ0v) is 7.73. The van der Waals surface area contributed by atoms with Crippen LogP contribution in [0.4, 0.5) is 0 Å². The summed E-state index contributed by atoms with van der Waals surface area (Å²) < 4.78 is 33.6. The molecule has 17 heavy (non-hydrogen) atoms. The molecule has 0 amide bonds. The fraction of sp³-hybridized carbons (Fsp3) is 0.600. The van der Waals surface area contributed by atoms with Crippen LogP contribution in [0.2, 0.25) is 0 Å². The first-order valence-corrected chi connectivity index (χ1v) is 4.84. The van der Waals surface area contributed by atoms with Gasteiger partial charge in [0.05, 0.1) is 6.42 Å². The summed E-state index contributed by atoms with van der Waals surface area (Å²) in [6.07, 6.45) is -1.07. The number of carbonyl (C=O) groups excluding carboxylic acids is 1. The number of hydrogen-bond donors (Lipinski definition) is 3. The SMILES string of the molecule is NCOC(=O)C(CC(=O)O)S(=O)(=O)O.[NaH].[NaH].[NaH]. The molecule has 0 saturated carbocycles. The Balaban J connectivity index is -0.000000282. The standard InChI is InChI=1S/C5H9NO7S.3Na.3H/c6-2-13-5(9)3(1-4(7)8)14(10,11)12;;;;;;/h3H,1-2,6H2,(H,7,8)(H,10,11,12);;;;;;. The molecule has 0 saturated heterocycles. The number of ether oxygens (including phenoxy) is 1. The van der Waals surface area contributed by atoms with Gasteiger partial charge in [-0.1, -0.05) is 0 Å². The normalized spacial score (nSPS) is 10.9. The average Bonchev–Trinajstić information content (AvgIpc) is 1.98. The minimum atomic E-state index is -4.79. The molecule has 0 spiro atoms. The van der Waals surface area contributed by atoms with Crippen LogP contribution in [0.25, 0.3) is 0 Å². The van der Waals surface area contributed by atoms with Crippen LogP contribution in [0, 0.1) is 0 Å². The monoisotopic (exact) mass is 299 g/mol. The number of carbonyl (C=O) groups is 2. The number of carboxylic acids is 1. The third-order valence-electron chi connectivity index (χ3n) is 1.21. The van der Waals surface area contributed by atoms with E-state index >= 15 is 0 Å². The van der Waals surface area contributed by atoms with E-state index in [1.54, 1.807) is 0 Å². The first kappa shape index (κ1) is 27.2.